The summed E-state index contributed by atoms with van der Waals surface area (Å²) in [5, 5.41) is -0.723. The zero-order valence-electron chi connectivity index (χ0n) is 18.0. The minimum absolute atomic E-state index is 0.332. The van der Waals surface area contributed by atoms with Crippen LogP contribution in [0.15, 0.2) is 43.0 Å². The molecule has 158 valence electrons. The average molecular weight is 407 g/mol. The van der Waals surface area contributed by atoms with Gasteiger partial charge in [0.15, 0.2) is 0 Å². The summed E-state index contributed by atoms with van der Waals surface area (Å²) in [6.45, 7) is 6.96. The second kappa shape index (κ2) is 9.20. The van der Waals surface area contributed by atoms with Crippen LogP contribution in [0, 0.1) is 5.41 Å². The minimum atomic E-state index is -2.78. The second-order valence-electron chi connectivity index (χ2n) is 7.93. The van der Waals surface area contributed by atoms with Gasteiger partial charge in [0, 0.05) is 26.7 Å². The Bertz CT molecular complexity index is 640. The molecule has 0 amide bonds. The Morgan fingerprint density at radius 1 is 1.18 bits per heavy atom. The lowest BCUT2D eigenvalue weighted by molar-refractivity contribution is -0.108. The summed E-state index contributed by atoms with van der Waals surface area (Å²) in [5.74, 6) is 0. The van der Waals surface area contributed by atoms with Crippen LogP contribution in [0.5, 0.6) is 0 Å². The molecular formula is C22H38N2O3Si. The molecule has 0 radical (unpaired) electrons. The summed E-state index contributed by atoms with van der Waals surface area (Å²) in [4.78, 5) is 0. The third kappa shape index (κ3) is 3.30. The maximum absolute atomic E-state index is 7.39. The fourth-order valence-electron chi connectivity index (χ4n) is 5.58. The van der Waals surface area contributed by atoms with Gasteiger partial charge in [0.25, 0.3) is 0 Å². The molecule has 0 spiro atoms. The van der Waals surface area contributed by atoms with Gasteiger partial charge in [-0.1, -0.05) is 43.3 Å². The molecule has 0 saturated carbocycles. The lowest BCUT2D eigenvalue weighted by Crippen LogP contribution is -2.83. The molecule has 0 bridgehead atoms. The monoisotopic (exact) mass is 406 g/mol. The van der Waals surface area contributed by atoms with E-state index in [1.54, 1.807) is 21.3 Å². The largest absolute Gasteiger partial charge is 0.396 e. The Labute approximate surface area is 171 Å². The van der Waals surface area contributed by atoms with Gasteiger partial charge in [-0.2, -0.15) is 0 Å². The van der Waals surface area contributed by atoms with Gasteiger partial charge in [-0.15, -0.1) is 6.58 Å². The van der Waals surface area contributed by atoms with E-state index in [1.165, 1.54) is 5.56 Å². The van der Waals surface area contributed by atoms with E-state index in [1.807, 2.05) is 6.07 Å². The first-order valence-electron chi connectivity index (χ1n) is 10.2. The standard InChI is InChI=1S/C22H38N2O3Si/c1-6-20(18-19-12-9-8-10-13-19)15-17-28(26-4,27-5)22(25-3,14-11-16-23)21(20,24)7-2/h6,8-10,12-13H,1,7,11,14-18,23-24H2,2-5H3. The van der Waals surface area contributed by atoms with Crippen molar-refractivity contribution in [1.82, 2.24) is 0 Å². The van der Waals surface area contributed by atoms with Gasteiger partial charge in [0.2, 0.25) is 0 Å². The van der Waals surface area contributed by atoms with Crippen molar-refractivity contribution in [2.75, 3.05) is 27.9 Å². The quantitative estimate of drug-likeness (QED) is 0.460. The van der Waals surface area contributed by atoms with Crippen molar-refractivity contribution < 1.29 is 13.6 Å². The Hall–Kier alpha value is -1.02. The van der Waals surface area contributed by atoms with E-state index in [2.05, 4.69) is 43.8 Å². The molecule has 0 aliphatic carbocycles. The molecule has 1 saturated heterocycles. The first-order chi connectivity index (χ1) is 13.4. The van der Waals surface area contributed by atoms with E-state index in [-0.39, 0.29) is 5.41 Å². The molecule has 3 unspecified atom stereocenters. The lowest BCUT2D eigenvalue weighted by Gasteiger charge is -2.65. The summed E-state index contributed by atoms with van der Waals surface area (Å²) >= 11 is 0. The maximum Gasteiger partial charge on any atom is 0.372 e. The number of hydrogen-bond acceptors (Lipinski definition) is 5. The number of ether oxygens (including phenoxy) is 1. The first-order valence-corrected chi connectivity index (χ1v) is 12.2. The Morgan fingerprint density at radius 2 is 1.82 bits per heavy atom. The molecule has 2 rings (SSSR count). The predicted molar refractivity (Wildman–Crippen MR) is 117 cm³/mol. The molecule has 0 aromatic heterocycles. The minimum Gasteiger partial charge on any atom is -0.396 e. The maximum atomic E-state index is 7.39. The molecule has 28 heavy (non-hydrogen) atoms. The Morgan fingerprint density at radius 3 is 2.29 bits per heavy atom. The molecule has 6 heteroatoms. The zero-order valence-corrected chi connectivity index (χ0v) is 19.0. The van der Waals surface area contributed by atoms with E-state index in [9.17, 15) is 0 Å². The first kappa shape index (κ1) is 23.3. The van der Waals surface area contributed by atoms with Gasteiger partial charge in [-0.3, -0.25) is 0 Å². The topological polar surface area (TPSA) is 79.7 Å². The van der Waals surface area contributed by atoms with Crippen LogP contribution < -0.4 is 11.5 Å². The third-order valence-electron chi connectivity index (χ3n) is 7.18. The predicted octanol–water partition coefficient (Wildman–Crippen LogP) is 3.31. The van der Waals surface area contributed by atoms with Crippen LogP contribution in [0.4, 0.5) is 0 Å². The van der Waals surface area contributed by atoms with Crippen LogP contribution in [0.1, 0.15) is 38.2 Å². The zero-order chi connectivity index (χ0) is 20.9. The lowest BCUT2D eigenvalue weighted by atomic mass is 9.59. The third-order valence-corrected chi connectivity index (χ3v) is 11.5. The molecule has 1 fully saturated rings. The molecule has 3 atom stereocenters. The summed E-state index contributed by atoms with van der Waals surface area (Å²) in [6.07, 6.45) is 5.97. The van der Waals surface area contributed by atoms with Gasteiger partial charge in [-0.25, -0.2) is 0 Å². The van der Waals surface area contributed by atoms with Gasteiger partial charge >= 0.3 is 8.56 Å². The highest BCUT2D eigenvalue weighted by atomic mass is 28.4. The summed E-state index contributed by atoms with van der Waals surface area (Å²) in [7, 11) is 2.44. The molecule has 1 aromatic carbocycles. The molecule has 1 heterocycles. The van der Waals surface area contributed by atoms with Crippen molar-refractivity contribution in [2.24, 2.45) is 16.9 Å². The normalized spacial score (nSPS) is 32.2. The van der Waals surface area contributed by atoms with Crippen molar-refractivity contribution in [1.29, 1.82) is 0 Å². The Kier molecular flexibility index (Phi) is 7.64. The van der Waals surface area contributed by atoms with E-state index in [4.69, 9.17) is 25.1 Å². The number of rotatable bonds is 10. The molecular weight excluding hydrogens is 368 g/mol. The van der Waals surface area contributed by atoms with Crippen molar-refractivity contribution in [2.45, 2.75) is 55.8 Å². The van der Waals surface area contributed by atoms with Crippen molar-refractivity contribution >= 4 is 8.56 Å². The average Bonchev–Trinajstić information content (AvgIpc) is 2.75. The van der Waals surface area contributed by atoms with Gasteiger partial charge in [0.05, 0.1) is 5.54 Å². The van der Waals surface area contributed by atoms with Crippen LogP contribution in [-0.4, -0.2) is 47.2 Å². The Balaban J connectivity index is 2.68. The van der Waals surface area contributed by atoms with Crippen LogP contribution in [0.2, 0.25) is 6.04 Å². The van der Waals surface area contributed by atoms with Gasteiger partial charge in [-0.05, 0) is 50.3 Å². The second-order valence-corrected chi connectivity index (χ2v) is 11.6. The summed E-state index contributed by atoms with van der Waals surface area (Å²) < 4.78 is 18.7. The fraction of sp³-hybridized carbons (Fsp3) is 0.636. The molecule has 1 aromatic rings. The van der Waals surface area contributed by atoms with Crippen molar-refractivity contribution in [3.05, 3.63) is 48.6 Å². The van der Waals surface area contributed by atoms with Crippen LogP contribution in [0.25, 0.3) is 0 Å². The highest BCUT2D eigenvalue weighted by molar-refractivity contribution is 6.71. The van der Waals surface area contributed by atoms with E-state index >= 15 is 0 Å². The highest BCUT2D eigenvalue weighted by Crippen LogP contribution is 2.58. The smallest absolute Gasteiger partial charge is 0.372 e. The number of hydrogen-bond donors (Lipinski definition) is 2. The molecule has 5 nitrogen and oxygen atoms in total. The van der Waals surface area contributed by atoms with Crippen molar-refractivity contribution in [3.8, 4) is 0 Å². The SMILES string of the molecule is C=CC1(Cc2ccccc2)CC[Si](OC)(OC)C(CCCN)(OC)C1(N)CC. The van der Waals surface area contributed by atoms with E-state index in [0.29, 0.717) is 13.0 Å². The number of methoxy groups -OCH3 is 1. The highest BCUT2D eigenvalue weighted by Gasteiger charge is 2.74. The van der Waals surface area contributed by atoms with Crippen molar-refractivity contribution in [3.63, 3.8) is 0 Å². The molecule has 4 N–H and O–H groups in total. The number of nitrogens with two attached hydrogens (primary N) is 2. The summed E-state index contributed by atoms with van der Waals surface area (Å²) in [6, 6.07) is 11.3. The van der Waals surface area contributed by atoms with Crippen LogP contribution >= 0.6 is 0 Å². The molecule has 1 aliphatic rings. The summed E-state index contributed by atoms with van der Waals surface area (Å²) in [5.41, 5.74) is 13.5. The van der Waals surface area contributed by atoms with Crippen LogP contribution in [-0.2, 0) is 20.0 Å². The fourth-order valence-corrected chi connectivity index (χ4v) is 9.96. The van der Waals surface area contributed by atoms with Gasteiger partial charge in [0.1, 0.15) is 5.22 Å². The van der Waals surface area contributed by atoms with E-state index < -0.39 is 19.3 Å². The van der Waals surface area contributed by atoms with Crippen LogP contribution in [0.3, 0.4) is 0 Å². The number of benzene rings is 1. The molecule has 1 aliphatic heterocycles. The van der Waals surface area contributed by atoms with Gasteiger partial charge < -0.3 is 25.1 Å². The van der Waals surface area contributed by atoms with E-state index in [0.717, 1.165) is 31.7 Å².